The molecule has 0 saturated carbocycles. The van der Waals surface area contributed by atoms with Crippen molar-refractivity contribution >= 4 is 45.1 Å². The maximum absolute atomic E-state index is 6.46. The molecule has 0 atom stereocenters. The number of benzene rings is 8. The van der Waals surface area contributed by atoms with E-state index in [9.17, 15) is 0 Å². The van der Waals surface area contributed by atoms with Gasteiger partial charge in [-0.15, -0.1) is 0 Å². The van der Waals surface area contributed by atoms with Crippen molar-refractivity contribution in [2.75, 3.05) is 4.90 Å². The number of hydrogen-bond acceptors (Lipinski definition) is 2. The fraction of sp³-hybridized carbons (Fsp3) is 0.0566. The summed E-state index contributed by atoms with van der Waals surface area (Å²) in [4.78, 5) is 2.38. The highest BCUT2D eigenvalue weighted by Gasteiger charge is 2.36. The molecule has 1 aliphatic rings. The zero-order chi connectivity index (χ0) is 37.1. The molecule has 1 aliphatic carbocycles. The van der Waals surface area contributed by atoms with Gasteiger partial charge in [-0.25, -0.2) is 0 Å². The number of fused-ring (bicyclic) bond motifs is 6. The SMILES string of the molecule is C=Cc1ccc(-c2ccc(N(c3ccc(-c4ccccc4)cc3)c3ccc4c(c3)C(C)(C)c3cc(-c5cccc6c5oc5ccccc56)ccc3-4)cc2)cc1. The predicted molar refractivity (Wildman–Crippen MR) is 232 cm³/mol. The molecule has 0 aliphatic heterocycles. The van der Waals surface area contributed by atoms with E-state index in [4.69, 9.17) is 4.42 Å². The van der Waals surface area contributed by atoms with Gasteiger partial charge in [-0.3, -0.25) is 0 Å². The standard InChI is InChI=1S/C53H39NO/c1-4-35-17-19-37(20-18-35)39-23-28-42(29-24-39)54(41-26-21-38(22-27-41)36-11-6-5-7-12-36)43-30-32-46-45-31-25-40(33-49(45)53(2,3)50(46)34-43)44-14-10-15-48-47-13-8-9-16-51(47)55-52(44)48/h4-34H,1H2,2-3H3. The number of nitrogens with zero attached hydrogens (tertiary/aromatic N) is 1. The Morgan fingerprint density at radius 1 is 0.455 bits per heavy atom. The molecule has 0 fully saturated rings. The summed E-state index contributed by atoms with van der Waals surface area (Å²) < 4.78 is 6.46. The van der Waals surface area contributed by atoms with Gasteiger partial charge < -0.3 is 9.32 Å². The first-order valence-electron chi connectivity index (χ1n) is 18.9. The third-order valence-corrected chi connectivity index (χ3v) is 11.5. The van der Waals surface area contributed by atoms with E-state index in [1.165, 1.54) is 50.1 Å². The summed E-state index contributed by atoms with van der Waals surface area (Å²) in [7, 11) is 0. The minimum atomic E-state index is -0.219. The van der Waals surface area contributed by atoms with Crippen molar-refractivity contribution in [1.82, 2.24) is 0 Å². The second kappa shape index (κ2) is 12.9. The largest absolute Gasteiger partial charge is 0.455 e. The van der Waals surface area contributed by atoms with E-state index in [-0.39, 0.29) is 5.41 Å². The molecule has 0 spiro atoms. The van der Waals surface area contributed by atoms with Crippen molar-refractivity contribution in [3.8, 4) is 44.5 Å². The molecule has 9 aromatic rings. The Labute approximate surface area is 322 Å². The van der Waals surface area contributed by atoms with E-state index >= 15 is 0 Å². The average Bonchev–Trinajstić information content (AvgIpc) is 3.73. The fourth-order valence-electron chi connectivity index (χ4n) is 8.50. The molecule has 0 radical (unpaired) electrons. The molecule has 55 heavy (non-hydrogen) atoms. The summed E-state index contributed by atoms with van der Waals surface area (Å²) in [5.41, 5.74) is 18.4. The third kappa shape index (κ3) is 5.49. The van der Waals surface area contributed by atoms with Gasteiger partial charge in [0.25, 0.3) is 0 Å². The van der Waals surface area contributed by atoms with E-state index in [1.54, 1.807) is 0 Å². The number of hydrogen-bond donors (Lipinski definition) is 0. The highest BCUT2D eigenvalue weighted by Crippen LogP contribution is 2.52. The Kier molecular flexibility index (Phi) is 7.67. The van der Waals surface area contributed by atoms with Gasteiger partial charge >= 0.3 is 0 Å². The van der Waals surface area contributed by atoms with Crippen LogP contribution in [0, 0.1) is 0 Å². The third-order valence-electron chi connectivity index (χ3n) is 11.5. The van der Waals surface area contributed by atoms with Crippen molar-refractivity contribution in [3.63, 3.8) is 0 Å². The lowest BCUT2D eigenvalue weighted by molar-refractivity contribution is 0.660. The van der Waals surface area contributed by atoms with Gasteiger partial charge in [-0.1, -0.05) is 160 Å². The maximum atomic E-state index is 6.46. The molecule has 2 heteroatoms. The van der Waals surface area contributed by atoms with Gasteiger partial charge in [-0.05, 0) is 104 Å². The van der Waals surface area contributed by atoms with E-state index in [1.807, 2.05) is 12.1 Å². The summed E-state index contributed by atoms with van der Waals surface area (Å²) in [6.07, 6.45) is 1.88. The Balaban J connectivity index is 1.05. The van der Waals surface area contributed by atoms with Crippen LogP contribution in [0.25, 0.3) is 72.5 Å². The Morgan fingerprint density at radius 2 is 0.982 bits per heavy atom. The lowest BCUT2D eigenvalue weighted by Crippen LogP contribution is -2.16. The normalized spacial score (nSPS) is 12.8. The Bertz CT molecular complexity index is 2880. The predicted octanol–water partition coefficient (Wildman–Crippen LogP) is 15.0. The molecule has 2 nitrogen and oxygen atoms in total. The highest BCUT2D eigenvalue weighted by atomic mass is 16.3. The quantitative estimate of drug-likeness (QED) is 0.164. The fourth-order valence-corrected chi connectivity index (χ4v) is 8.50. The van der Waals surface area contributed by atoms with E-state index < -0.39 is 0 Å². The van der Waals surface area contributed by atoms with Gasteiger partial charge in [0.1, 0.15) is 11.2 Å². The first kappa shape index (κ1) is 32.7. The Hall–Kier alpha value is -6.90. The van der Waals surface area contributed by atoms with Crippen LogP contribution in [0.15, 0.2) is 193 Å². The second-order valence-corrected chi connectivity index (χ2v) is 15.0. The summed E-state index contributed by atoms with van der Waals surface area (Å²) in [6.45, 7) is 8.63. The van der Waals surface area contributed by atoms with Crippen LogP contribution in [0.5, 0.6) is 0 Å². The smallest absolute Gasteiger partial charge is 0.143 e. The summed E-state index contributed by atoms with van der Waals surface area (Å²) in [5.74, 6) is 0. The van der Waals surface area contributed by atoms with E-state index in [2.05, 4.69) is 201 Å². The average molecular weight is 706 g/mol. The summed E-state index contributed by atoms with van der Waals surface area (Å²) in [6, 6.07) is 65.7. The topological polar surface area (TPSA) is 16.4 Å². The highest BCUT2D eigenvalue weighted by molar-refractivity contribution is 6.09. The van der Waals surface area contributed by atoms with Crippen LogP contribution >= 0.6 is 0 Å². The summed E-state index contributed by atoms with van der Waals surface area (Å²) >= 11 is 0. The maximum Gasteiger partial charge on any atom is 0.143 e. The van der Waals surface area contributed by atoms with E-state index in [0.29, 0.717) is 0 Å². The monoisotopic (exact) mass is 705 g/mol. The molecule has 1 aromatic heterocycles. The lowest BCUT2D eigenvalue weighted by Gasteiger charge is -2.28. The molecule has 8 aromatic carbocycles. The minimum absolute atomic E-state index is 0.219. The van der Waals surface area contributed by atoms with Gasteiger partial charge in [0.15, 0.2) is 0 Å². The van der Waals surface area contributed by atoms with Crippen molar-refractivity contribution in [3.05, 3.63) is 205 Å². The van der Waals surface area contributed by atoms with Crippen LogP contribution < -0.4 is 4.90 Å². The molecule has 0 saturated heterocycles. The van der Waals surface area contributed by atoms with Crippen LogP contribution in [0.1, 0.15) is 30.5 Å². The molecule has 0 unspecified atom stereocenters. The molecule has 10 rings (SSSR count). The first-order chi connectivity index (χ1) is 27.0. The molecular formula is C53H39NO. The van der Waals surface area contributed by atoms with Crippen LogP contribution in [-0.2, 0) is 5.41 Å². The van der Waals surface area contributed by atoms with E-state index in [0.717, 1.165) is 50.1 Å². The Morgan fingerprint density at radius 3 is 1.65 bits per heavy atom. The minimum Gasteiger partial charge on any atom is -0.455 e. The first-order valence-corrected chi connectivity index (χ1v) is 18.9. The number of rotatable bonds is 7. The van der Waals surface area contributed by atoms with Crippen LogP contribution in [-0.4, -0.2) is 0 Å². The van der Waals surface area contributed by atoms with Crippen molar-refractivity contribution < 1.29 is 4.42 Å². The molecule has 0 bridgehead atoms. The van der Waals surface area contributed by atoms with Crippen molar-refractivity contribution in [2.24, 2.45) is 0 Å². The van der Waals surface area contributed by atoms with Gasteiger partial charge in [0.05, 0.1) is 0 Å². The number of furan rings is 1. The molecule has 0 N–H and O–H groups in total. The van der Waals surface area contributed by atoms with Crippen LogP contribution in [0.2, 0.25) is 0 Å². The van der Waals surface area contributed by atoms with Gasteiger partial charge in [-0.2, -0.15) is 0 Å². The van der Waals surface area contributed by atoms with Crippen LogP contribution in [0.3, 0.4) is 0 Å². The molecule has 1 heterocycles. The molecule has 0 amide bonds. The van der Waals surface area contributed by atoms with Crippen molar-refractivity contribution in [1.29, 1.82) is 0 Å². The number of anilines is 3. The molecular weight excluding hydrogens is 667 g/mol. The zero-order valence-electron chi connectivity index (χ0n) is 31.0. The van der Waals surface area contributed by atoms with Gasteiger partial charge in [0.2, 0.25) is 0 Å². The lowest BCUT2D eigenvalue weighted by atomic mass is 9.81. The number of para-hydroxylation sites is 2. The zero-order valence-corrected chi connectivity index (χ0v) is 31.0. The second-order valence-electron chi connectivity index (χ2n) is 15.0. The van der Waals surface area contributed by atoms with Gasteiger partial charge in [0, 0.05) is 38.8 Å². The van der Waals surface area contributed by atoms with Crippen molar-refractivity contribution in [2.45, 2.75) is 19.3 Å². The molecule has 262 valence electrons. The van der Waals surface area contributed by atoms with Crippen LogP contribution in [0.4, 0.5) is 17.1 Å². The summed E-state index contributed by atoms with van der Waals surface area (Å²) in [5, 5.41) is 2.30.